The molecule has 286 valence electrons. The highest BCUT2D eigenvalue weighted by atomic mass is 19.1. The van der Waals surface area contributed by atoms with E-state index in [2.05, 4.69) is 36.2 Å². The second kappa shape index (κ2) is 17.1. The Morgan fingerprint density at radius 1 is 0.964 bits per heavy atom. The van der Waals surface area contributed by atoms with Crippen LogP contribution in [0.4, 0.5) is 21.6 Å². The summed E-state index contributed by atoms with van der Waals surface area (Å²) < 4.78 is 22.2. The first-order valence-electron chi connectivity index (χ1n) is 18.1. The van der Waals surface area contributed by atoms with Crippen molar-refractivity contribution in [1.29, 1.82) is 0 Å². The number of carbonyl (C=O) groups is 4. The minimum absolute atomic E-state index is 0.187. The maximum absolute atomic E-state index is 13.5. The summed E-state index contributed by atoms with van der Waals surface area (Å²) in [7, 11) is 4.68. The quantitative estimate of drug-likeness (QED) is 0.0842. The molecule has 3 aromatic heterocycles. The normalized spacial score (nSPS) is 14.1. The molecule has 16 heteroatoms. The Labute approximate surface area is 315 Å². The zero-order valence-corrected chi connectivity index (χ0v) is 30.8. The van der Waals surface area contributed by atoms with Gasteiger partial charge in [0.15, 0.2) is 17.4 Å². The number of methoxy groups -OCH3 is 1. The standard InChI is InChI=1S/C39H42FN9O6/c1-41-37(52)26-22-42-31(19-28(26)45-27-14-10-13-25(35(27)55-3)36-43-20-24(40)21-44-36)46-32(50)16-8-6-4-5-7-11-23-12-9-15-29-34(23)48(2)39(54)49(29)30-17-18-33(51)47-38(30)53/h9-10,12-15,19-22,30H,4-8,11,16-18H2,1-3H3,(H,41,52)(H,47,51,53)(H2,42,45,46,50). The van der Waals surface area contributed by atoms with Crippen molar-refractivity contribution in [2.75, 3.05) is 24.8 Å². The molecule has 2 aromatic carbocycles. The summed E-state index contributed by atoms with van der Waals surface area (Å²) in [5, 5.41) is 11.0. The Morgan fingerprint density at radius 3 is 2.45 bits per heavy atom. The predicted octanol–water partition coefficient (Wildman–Crippen LogP) is 4.94. The molecule has 4 amide bonds. The number of aromatic nitrogens is 5. The average Bonchev–Trinajstić information content (AvgIpc) is 3.43. The van der Waals surface area contributed by atoms with Gasteiger partial charge in [0, 0.05) is 39.2 Å². The Bertz CT molecular complexity index is 2300. The average molecular weight is 752 g/mol. The molecule has 0 bridgehead atoms. The molecule has 1 atom stereocenters. The van der Waals surface area contributed by atoms with Crippen LogP contribution < -0.4 is 31.7 Å². The lowest BCUT2D eigenvalue weighted by atomic mass is 10.0. The zero-order valence-electron chi connectivity index (χ0n) is 30.8. The van der Waals surface area contributed by atoms with Crippen molar-refractivity contribution in [2.45, 2.75) is 63.8 Å². The molecule has 55 heavy (non-hydrogen) atoms. The van der Waals surface area contributed by atoms with E-state index in [0.29, 0.717) is 34.6 Å². The van der Waals surface area contributed by atoms with Gasteiger partial charge in [-0.05, 0) is 49.4 Å². The Kier molecular flexibility index (Phi) is 11.9. The lowest BCUT2D eigenvalue weighted by molar-refractivity contribution is -0.135. The van der Waals surface area contributed by atoms with Crippen LogP contribution in [0.1, 0.15) is 73.3 Å². The fourth-order valence-corrected chi connectivity index (χ4v) is 6.86. The van der Waals surface area contributed by atoms with E-state index < -0.39 is 23.7 Å². The van der Waals surface area contributed by atoms with Gasteiger partial charge in [-0.2, -0.15) is 0 Å². The number of aryl methyl sites for hydroxylation is 2. The van der Waals surface area contributed by atoms with E-state index in [1.807, 2.05) is 18.2 Å². The summed E-state index contributed by atoms with van der Waals surface area (Å²) in [6.45, 7) is 0. The Balaban J connectivity index is 1.03. The first-order chi connectivity index (χ1) is 26.6. The molecule has 1 fully saturated rings. The third-order valence-corrected chi connectivity index (χ3v) is 9.55. The van der Waals surface area contributed by atoms with E-state index in [4.69, 9.17) is 4.74 Å². The van der Waals surface area contributed by atoms with Crippen molar-refractivity contribution in [1.82, 2.24) is 34.7 Å². The first-order valence-corrected chi connectivity index (χ1v) is 18.1. The number of anilines is 3. The number of unbranched alkanes of at least 4 members (excludes halogenated alkanes) is 4. The highest BCUT2D eigenvalue weighted by Crippen LogP contribution is 2.37. The van der Waals surface area contributed by atoms with Gasteiger partial charge in [-0.1, -0.05) is 37.5 Å². The molecule has 1 aliphatic heterocycles. The molecule has 15 nitrogen and oxygen atoms in total. The molecule has 4 N–H and O–H groups in total. The number of benzene rings is 2. The minimum Gasteiger partial charge on any atom is -0.494 e. The third-order valence-electron chi connectivity index (χ3n) is 9.55. The van der Waals surface area contributed by atoms with E-state index in [1.54, 1.807) is 35.9 Å². The lowest BCUT2D eigenvalue weighted by Crippen LogP contribution is -2.44. The van der Waals surface area contributed by atoms with Crippen LogP contribution in [0.15, 0.2) is 65.8 Å². The number of para-hydroxylation sites is 2. The first kappa shape index (κ1) is 38.3. The summed E-state index contributed by atoms with van der Waals surface area (Å²) in [5.41, 5.74) is 3.77. The van der Waals surface area contributed by atoms with Crippen molar-refractivity contribution in [2.24, 2.45) is 7.05 Å². The second-order valence-electron chi connectivity index (χ2n) is 13.2. The Morgan fingerprint density at radius 2 is 1.71 bits per heavy atom. The van der Waals surface area contributed by atoms with Crippen LogP contribution >= 0.6 is 0 Å². The number of imidazole rings is 1. The van der Waals surface area contributed by atoms with Gasteiger partial charge in [-0.25, -0.2) is 24.1 Å². The largest absolute Gasteiger partial charge is 0.494 e. The van der Waals surface area contributed by atoms with Crippen molar-refractivity contribution in [3.8, 4) is 17.1 Å². The fraction of sp³-hybridized carbons (Fsp3) is 0.333. The van der Waals surface area contributed by atoms with Crippen LogP contribution in [-0.2, 0) is 27.9 Å². The zero-order chi connectivity index (χ0) is 39.1. The molecule has 0 saturated carbocycles. The summed E-state index contributed by atoms with van der Waals surface area (Å²) >= 11 is 0. The summed E-state index contributed by atoms with van der Waals surface area (Å²) in [6, 6.07) is 11.8. The molecule has 0 radical (unpaired) electrons. The second-order valence-corrected chi connectivity index (χ2v) is 13.2. The maximum Gasteiger partial charge on any atom is 0.329 e. The molecule has 0 spiro atoms. The van der Waals surface area contributed by atoms with Crippen LogP contribution in [0.3, 0.4) is 0 Å². The van der Waals surface area contributed by atoms with E-state index in [0.717, 1.165) is 55.6 Å². The molecule has 4 heterocycles. The number of rotatable bonds is 15. The summed E-state index contributed by atoms with van der Waals surface area (Å²) in [6.07, 6.45) is 9.22. The van der Waals surface area contributed by atoms with Crippen molar-refractivity contribution >= 4 is 51.9 Å². The summed E-state index contributed by atoms with van der Waals surface area (Å²) in [5.74, 6) is -1.09. The number of nitrogens with zero attached hydrogens (tertiary/aromatic N) is 5. The van der Waals surface area contributed by atoms with Gasteiger partial charge in [0.05, 0.1) is 53.0 Å². The van der Waals surface area contributed by atoms with Crippen LogP contribution in [-0.4, -0.2) is 61.9 Å². The van der Waals surface area contributed by atoms with Gasteiger partial charge >= 0.3 is 5.69 Å². The number of halogens is 1. The number of hydrogen-bond acceptors (Lipinski definition) is 10. The SMILES string of the molecule is CNC(=O)c1cnc(NC(=O)CCCCCCCc2cccc3c2n(C)c(=O)n3C2CCC(=O)NC2=O)cc1Nc1cccc(-c2ncc(F)cn2)c1OC. The molecular formula is C39H42FN9O6. The molecular weight excluding hydrogens is 709 g/mol. The number of piperidine rings is 1. The highest BCUT2D eigenvalue weighted by molar-refractivity contribution is 6.02. The van der Waals surface area contributed by atoms with Crippen LogP contribution in [0.5, 0.6) is 5.75 Å². The van der Waals surface area contributed by atoms with Crippen molar-refractivity contribution in [3.63, 3.8) is 0 Å². The lowest BCUT2D eigenvalue weighted by Gasteiger charge is -2.21. The molecule has 5 aromatic rings. The van der Waals surface area contributed by atoms with Crippen molar-refractivity contribution < 1.29 is 28.3 Å². The monoisotopic (exact) mass is 751 g/mol. The van der Waals surface area contributed by atoms with E-state index >= 15 is 0 Å². The predicted molar refractivity (Wildman–Crippen MR) is 204 cm³/mol. The van der Waals surface area contributed by atoms with Gasteiger partial charge in [0.2, 0.25) is 17.7 Å². The van der Waals surface area contributed by atoms with Gasteiger partial charge in [0.25, 0.3) is 5.91 Å². The highest BCUT2D eigenvalue weighted by Gasteiger charge is 2.31. The minimum atomic E-state index is -0.726. The van der Waals surface area contributed by atoms with Crippen LogP contribution in [0, 0.1) is 5.82 Å². The molecule has 6 rings (SSSR count). The van der Waals surface area contributed by atoms with E-state index in [1.165, 1.54) is 24.9 Å². The third kappa shape index (κ3) is 8.53. The Hall–Kier alpha value is -6.45. The topological polar surface area (TPSA) is 191 Å². The van der Waals surface area contributed by atoms with Gasteiger partial charge in [-0.15, -0.1) is 0 Å². The molecule has 1 unspecified atom stereocenters. The molecule has 1 saturated heterocycles. The number of fused-ring (bicyclic) bond motifs is 1. The number of nitrogens with one attached hydrogen (secondary N) is 4. The number of ether oxygens (including phenoxy) is 1. The number of imide groups is 1. The van der Waals surface area contributed by atoms with Crippen molar-refractivity contribution in [3.05, 3.63) is 88.5 Å². The van der Waals surface area contributed by atoms with Crippen LogP contribution in [0.25, 0.3) is 22.4 Å². The molecule has 1 aliphatic rings. The number of amides is 4. The number of hydrogen-bond donors (Lipinski definition) is 4. The number of pyridine rings is 1. The molecule has 0 aliphatic carbocycles. The van der Waals surface area contributed by atoms with Gasteiger partial charge < -0.3 is 20.7 Å². The van der Waals surface area contributed by atoms with E-state index in [9.17, 15) is 28.4 Å². The van der Waals surface area contributed by atoms with Crippen LogP contribution in [0.2, 0.25) is 0 Å². The van der Waals surface area contributed by atoms with E-state index in [-0.39, 0.29) is 54.0 Å². The number of carbonyl (C=O) groups excluding carboxylic acids is 4. The summed E-state index contributed by atoms with van der Waals surface area (Å²) in [4.78, 5) is 75.5. The maximum atomic E-state index is 13.5. The van der Waals surface area contributed by atoms with Gasteiger partial charge in [0.1, 0.15) is 11.9 Å². The smallest absolute Gasteiger partial charge is 0.329 e. The van der Waals surface area contributed by atoms with Gasteiger partial charge in [-0.3, -0.25) is 33.6 Å². The fourth-order valence-electron chi connectivity index (χ4n) is 6.86.